The van der Waals surface area contributed by atoms with Gasteiger partial charge in [0.1, 0.15) is 16.8 Å². The van der Waals surface area contributed by atoms with E-state index in [1.165, 1.54) is 6.07 Å². The first kappa shape index (κ1) is 13.1. The number of rotatable bonds is 2. The van der Waals surface area contributed by atoms with Crippen LogP contribution in [0.1, 0.15) is 15.9 Å². The maximum Gasteiger partial charge on any atom is 0.574 e. The number of halogens is 4. The number of aromatic carboxylic acids is 1. The molecule has 1 aromatic heterocycles. The topological polar surface area (TPSA) is 83.2 Å². The van der Waals surface area contributed by atoms with Gasteiger partial charge >= 0.3 is 12.3 Å². The van der Waals surface area contributed by atoms with Gasteiger partial charge in [0.05, 0.1) is 5.56 Å². The summed E-state index contributed by atoms with van der Waals surface area (Å²) in [7, 11) is 0. The van der Waals surface area contributed by atoms with Crippen LogP contribution in [0.5, 0.6) is 5.88 Å². The Bertz CT molecular complexity index is 510. The molecule has 0 aliphatic rings. The molecule has 5 nitrogen and oxygen atoms in total. The van der Waals surface area contributed by atoms with Crippen molar-refractivity contribution < 1.29 is 27.8 Å². The first-order valence-corrected chi connectivity index (χ1v) is 4.22. The van der Waals surface area contributed by atoms with E-state index in [2.05, 4.69) is 9.72 Å². The number of carboxylic acids is 1. The van der Waals surface area contributed by atoms with E-state index in [4.69, 9.17) is 22.0 Å². The van der Waals surface area contributed by atoms with E-state index in [1.54, 1.807) is 0 Å². The molecule has 0 bridgehead atoms. The van der Waals surface area contributed by atoms with Crippen molar-refractivity contribution in [3.05, 3.63) is 22.3 Å². The summed E-state index contributed by atoms with van der Waals surface area (Å²) in [5, 5.41) is 16.5. The molecule has 1 rings (SSSR count). The Morgan fingerprint density at radius 3 is 2.59 bits per heavy atom. The van der Waals surface area contributed by atoms with Crippen LogP contribution < -0.4 is 4.74 Å². The minimum absolute atomic E-state index is 0.585. The largest absolute Gasteiger partial charge is 0.574 e. The van der Waals surface area contributed by atoms with Crippen molar-refractivity contribution in [2.75, 3.05) is 0 Å². The van der Waals surface area contributed by atoms with Crippen LogP contribution in [0.25, 0.3) is 0 Å². The molecule has 0 saturated heterocycles. The van der Waals surface area contributed by atoms with Gasteiger partial charge in [0.25, 0.3) is 0 Å². The van der Waals surface area contributed by atoms with Gasteiger partial charge < -0.3 is 9.84 Å². The number of hydrogen-bond acceptors (Lipinski definition) is 4. The first-order valence-electron chi connectivity index (χ1n) is 3.84. The fraction of sp³-hybridized carbons (Fsp3) is 0.125. The van der Waals surface area contributed by atoms with E-state index in [0.717, 1.165) is 0 Å². The van der Waals surface area contributed by atoms with Crippen LogP contribution >= 0.6 is 11.6 Å². The van der Waals surface area contributed by atoms with Crippen molar-refractivity contribution in [3.8, 4) is 11.9 Å². The minimum Gasteiger partial charge on any atom is -0.478 e. The smallest absolute Gasteiger partial charge is 0.478 e. The maximum atomic E-state index is 11.9. The molecule has 1 aromatic rings. The summed E-state index contributed by atoms with van der Waals surface area (Å²) in [4.78, 5) is 13.7. The van der Waals surface area contributed by atoms with Crippen LogP contribution in [0.4, 0.5) is 13.2 Å². The zero-order valence-corrected chi connectivity index (χ0v) is 8.50. The molecule has 0 saturated carbocycles. The molecule has 1 heterocycles. The van der Waals surface area contributed by atoms with Crippen LogP contribution in [0.15, 0.2) is 6.07 Å². The number of aromatic nitrogens is 1. The monoisotopic (exact) mass is 266 g/mol. The van der Waals surface area contributed by atoms with Crippen LogP contribution in [0.3, 0.4) is 0 Å². The molecule has 0 fully saturated rings. The lowest BCUT2D eigenvalue weighted by Gasteiger charge is -2.10. The zero-order chi connectivity index (χ0) is 13.2. The number of hydrogen-bond donors (Lipinski definition) is 1. The molecule has 0 atom stereocenters. The molecular formula is C8H2ClF3N2O3. The SMILES string of the molecule is N#Cc1cc(C(=O)O)c(Cl)nc1OC(F)(F)F. The van der Waals surface area contributed by atoms with E-state index in [9.17, 15) is 18.0 Å². The van der Waals surface area contributed by atoms with Crippen molar-refractivity contribution in [1.82, 2.24) is 4.98 Å². The van der Waals surface area contributed by atoms with Crippen molar-refractivity contribution in [2.45, 2.75) is 6.36 Å². The Hall–Kier alpha value is -2.01. The lowest BCUT2D eigenvalue weighted by atomic mass is 10.2. The fourth-order valence-electron chi connectivity index (χ4n) is 0.893. The highest BCUT2D eigenvalue weighted by molar-refractivity contribution is 6.32. The fourth-order valence-corrected chi connectivity index (χ4v) is 1.10. The van der Waals surface area contributed by atoms with E-state index >= 15 is 0 Å². The summed E-state index contributed by atoms with van der Waals surface area (Å²) in [5.74, 6) is -2.60. The molecule has 0 aliphatic carbocycles. The number of pyridine rings is 1. The average molecular weight is 267 g/mol. The Balaban J connectivity index is 3.30. The summed E-state index contributed by atoms with van der Waals surface area (Å²) in [5.41, 5.74) is -1.26. The van der Waals surface area contributed by atoms with Gasteiger partial charge in [0, 0.05) is 0 Å². The third-order valence-corrected chi connectivity index (χ3v) is 1.79. The summed E-state index contributed by atoms with van der Waals surface area (Å²) < 4.78 is 39.2. The second-order valence-corrected chi connectivity index (χ2v) is 3.00. The Kier molecular flexibility index (Phi) is 3.43. The third kappa shape index (κ3) is 3.22. The number of alkyl halides is 3. The molecule has 0 aromatic carbocycles. The summed E-state index contributed by atoms with van der Waals surface area (Å²) in [6.07, 6.45) is -5.05. The molecule has 0 unspecified atom stereocenters. The molecule has 0 aliphatic heterocycles. The van der Waals surface area contributed by atoms with Gasteiger partial charge in [-0.15, -0.1) is 13.2 Å². The highest BCUT2D eigenvalue weighted by Gasteiger charge is 2.33. The van der Waals surface area contributed by atoms with Gasteiger partial charge in [-0.05, 0) is 6.07 Å². The van der Waals surface area contributed by atoms with Crippen LogP contribution in [-0.2, 0) is 0 Å². The molecular weight excluding hydrogens is 265 g/mol. The Morgan fingerprint density at radius 2 is 2.18 bits per heavy atom. The van der Waals surface area contributed by atoms with Crippen LogP contribution in [-0.4, -0.2) is 22.4 Å². The Labute approximate surface area is 97.0 Å². The third-order valence-electron chi connectivity index (χ3n) is 1.50. The van der Waals surface area contributed by atoms with Gasteiger partial charge in [0.2, 0.25) is 5.88 Å². The first-order chi connectivity index (χ1) is 7.74. The van der Waals surface area contributed by atoms with Crippen molar-refractivity contribution in [1.29, 1.82) is 5.26 Å². The lowest BCUT2D eigenvalue weighted by Crippen LogP contribution is -2.19. The number of carbonyl (C=O) groups is 1. The van der Waals surface area contributed by atoms with E-state index < -0.39 is 34.5 Å². The predicted octanol–water partition coefficient (Wildman–Crippen LogP) is 2.20. The molecule has 0 spiro atoms. The summed E-state index contributed by atoms with van der Waals surface area (Å²) >= 11 is 5.33. The average Bonchev–Trinajstić information content (AvgIpc) is 2.14. The quantitative estimate of drug-likeness (QED) is 0.830. The van der Waals surface area contributed by atoms with E-state index in [0.29, 0.717) is 6.07 Å². The van der Waals surface area contributed by atoms with Crippen molar-refractivity contribution in [3.63, 3.8) is 0 Å². The van der Waals surface area contributed by atoms with Gasteiger partial charge in [0.15, 0.2) is 0 Å². The highest BCUT2D eigenvalue weighted by atomic mass is 35.5. The molecule has 9 heteroatoms. The van der Waals surface area contributed by atoms with Gasteiger partial charge in [-0.1, -0.05) is 11.6 Å². The van der Waals surface area contributed by atoms with E-state index in [1.807, 2.05) is 0 Å². The lowest BCUT2D eigenvalue weighted by molar-refractivity contribution is -0.276. The molecule has 0 amide bonds. The number of ether oxygens (including phenoxy) is 1. The standard InChI is InChI=1S/C8H2ClF3N2O3/c9-5-4(7(15)16)1-3(2-13)6(14-5)17-8(10,11)12/h1H,(H,15,16). The predicted molar refractivity (Wildman–Crippen MR) is 47.6 cm³/mol. The number of nitriles is 1. The number of nitrogens with zero attached hydrogens (tertiary/aromatic N) is 2. The second-order valence-electron chi connectivity index (χ2n) is 2.64. The number of carboxylic acid groups (broad SMARTS) is 1. The minimum atomic E-state index is -5.05. The molecule has 1 N–H and O–H groups in total. The van der Waals surface area contributed by atoms with Gasteiger partial charge in [-0.25, -0.2) is 4.79 Å². The van der Waals surface area contributed by atoms with Crippen molar-refractivity contribution >= 4 is 17.6 Å². The van der Waals surface area contributed by atoms with Gasteiger partial charge in [-0.3, -0.25) is 0 Å². The Morgan fingerprint density at radius 1 is 1.59 bits per heavy atom. The van der Waals surface area contributed by atoms with Gasteiger partial charge in [-0.2, -0.15) is 10.2 Å². The molecule has 0 radical (unpaired) electrons. The van der Waals surface area contributed by atoms with E-state index in [-0.39, 0.29) is 0 Å². The zero-order valence-electron chi connectivity index (χ0n) is 7.75. The normalized spacial score (nSPS) is 10.8. The van der Waals surface area contributed by atoms with Crippen molar-refractivity contribution in [2.24, 2.45) is 0 Å². The molecule has 90 valence electrons. The summed E-state index contributed by atoms with van der Waals surface area (Å²) in [6.45, 7) is 0. The highest BCUT2D eigenvalue weighted by Crippen LogP contribution is 2.27. The summed E-state index contributed by atoms with van der Waals surface area (Å²) in [6, 6.07) is 1.98. The van der Waals surface area contributed by atoms with Crippen LogP contribution in [0, 0.1) is 11.3 Å². The second kappa shape index (κ2) is 4.47. The molecule has 17 heavy (non-hydrogen) atoms. The maximum absolute atomic E-state index is 11.9. The van der Waals surface area contributed by atoms with Crippen LogP contribution in [0.2, 0.25) is 5.15 Å².